The number of esters is 3. The van der Waals surface area contributed by atoms with E-state index in [4.69, 9.17) is 37.6 Å². The number of aliphatic hydroxyl groups is 2. The van der Waals surface area contributed by atoms with Gasteiger partial charge in [0.05, 0.1) is 13.2 Å². The van der Waals surface area contributed by atoms with E-state index >= 15 is 0 Å². The maximum Gasteiger partial charge on any atom is 0.303 e. The molecule has 9 atom stereocenters. The van der Waals surface area contributed by atoms with E-state index in [9.17, 15) is 24.6 Å². The smallest absolute Gasteiger partial charge is 0.303 e. The van der Waals surface area contributed by atoms with Crippen molar-refractivity contribution in [3.05, 3.63) is 0 Å². The molecule has 0 amide bonds. The Morgan fingerprint density at radius 3 is 1.92 bits per heavy atom. The summed E-state index contributed by atoms with van der Waals surface area (Å²) in [5, 5.41) is 21.9. The van der Waals surface area contributed by atoms with Crippen LogP contribution >= 0.6 is 0 Å². The second-order valence-corrected chi connectivity index (χ2v) is 15.7. The molecule has 0 radical (unpaired) electrons. The average Bonchev–Trinajstić information content (AvgIpc) is 2.77. The van der Waals surface area contributed by atoms with Crippen molar-refractivity contribution in [2.45, 2.75) is 115 Å². The summed E-state index contributed by atoms with van der Waals surface area (Å²) >= 11 is 0. The molecule has 5 unspecified atom stereocenters. The van der Waals surface area contributed by atoms with Crippen LogP contribution in [0.5, 0.6) is 0 Å². The van der Waals surface area contributed by atoms with Gasteiger partial charge in [0.1, 0.15) is 24.4 Å². The molecule has 2 N–H and O–H groups in total. The number of carbonyl (C=O) groups excluding carboxylic acids is 3. The third kappa shape index (κ3) is 8.18. The van der Waals surface area contributed by atoms with Crippen LogP contribution in [-0.2, 0) is 52.0 Å². The molecule has 0 aromatic heterocycles. The molecule has 0 bridgehead atoms. The standard InChI is InChI=1S/C24H42O13Si/c1-12(25)33-16-10-31-23(21(35-14(3)27)19(16)34-13(2)26)37-20-17(28)15(36-22(30-7)18(20)29)11-32-38(8,9)24(4,5)6/h15-23,28-29H,10-11H2,1-9H3/t15?,16-,17+,18?,19?,20?,21?,22-,23-/m0/s1. The first kappa shape index (κ1) is 32.6. The van der Waals surface area contributed by atoms with Crippen LogP contribution in [0.4, 0.5) is 0 Å². The van der Waals surface area contributed by atoms with Gasteiger partial charge in [0.15, 0.2) is 39.2 Å². The molecule has 0 spiro atoms. The van der Waals surface area contributed by atoms with Gasteiger partial charge in [0.2, 0.25) is 0 Å². The Kier molecular flexibility index (Phi) is 11.3. The molecule has 2 fully saturated rings. The molecule has 2 rings (SSSR count). The summed E-state index contributed by atoms with van der Waals surface area (Å²) in [4.78, 5) is 35.3. The number of hydrogen-bond donors (Lipinski definition) is 2. The molecular weight excluding hydrogens is 524 g/mol. The summed E-state index contributed by atoms with van der Waals surface area (Å²) < 4.78 is 44.7. The Morgan fingerprint density at radius 2 is 1.42 bits per heavy atom. The lowest BCUT2D eigenvalue weighted by Crippen LogP contribution is -2.64. The van der Waals surface area contributed by atoms with Crippen LogP contribution in [0.15, 0.2) is 0 Å². The molecule has 2 aliphatic heterocycles. The number of rotatable bonds is 9. The highest BCUT2D eigenvalue weighted by Crippen LogP contribution is 2.37. The molecule has 2 saturated heterocycles. The van der Waals surface area contributed by atoms with Crippen LogP contribution in [0, 0.1) is 0 Å². The van der Waals surface area contributed by atoms with Crippen molar-refractivity contribution >= 4 is 26.2 Å². The van der Waals surface area contributed by atoms with Crippen molar-refractivity contribution in [3.63, 3.8) is 0 Å². The van der Waals surface area contributed by atoms with Gasteiger partial charge >= 0.3 is 17.9 Å². The summed E-state index contributed by atoms with van der Waals surface area (Å²) in [5.74, 6) is -2.14. The Labute approximate surface area is 224 Å². The zero-order valence-electron chi connectivity index (χ0n) is 23.5. The van der Waals surface area contributed by atoms with Gasteiger partial charge in [-0.25, -0.2) is 0 Å². The normalized spacial score (nSPS) is 34.3. The first-order valence-corrected chi connectivity index (χ1v) is 15.4. The Morgan fingerprint density at radius 1 is 0.868 bits per heavy atom. The minimum atomic E-state index is -2.21. The molecule has 2 heterocycles. The van der Waals surface area contributed by atoms with Crippen LogP contribution < -0.4 is 0 Å². The molecule has 14 heteroatoms. The van der Waals surface area contributed by atoms with Crippen LogP contribution in [0.1, 0.15) is 41.5 Å². The lowest BCUT2D eigenvalue weighted by molar-refractivity contribution is -0.347. The van der Waals surface area contributed by atoms with Crippen molar-refractivity contribution in [3.8, 4) is 0 Å². The molecule has 0 aromatic rings. The van der Waals surface area contributed by atoms with E-state index < -0.39 is 81.5 Å². The number of hydrogen-bond acceptors (Lipinski definition) is 13. The Hall–Kier alpha value is -1.65. The van der Waals surface area contributed by atoms with Crippen LogP contribution in [0.25, 0.3) is 0 Å². The molecule has 220 valence electrons. The first-order valence-electron chi connectivity index (χ1n) is 12.5. The molecule has 0 aromatic carbocycles. The second-order valence-electron chi connectivity index (χ2n) is 10.9. The minimum Gasteiger partial charge on any atom is -0.456 e. The monoisotopic (exact) mass is 566 g/mol. The SMILES string of the molecule is CO[C@H]1OC(CO[Si](C)(C)C(C)(C)C)[C@@H](O)C(O[C@@H]2OC[C@H](OC(C)=O)C(OC(C)=O)C2OC(C)=O)C1O. The highest BCUT2D eigenvalue weighted by Gasteiger charge is 2.53. The fraction of sp³-hybridized carbons (Fsp3) is 0.875. The predicted molar refractivity (Wildman–Crippen MR) is 132 cm³/mol. The van der Waals surface area contributed by atoms with E-state index in [1.165, 1.54) is 14.0 Å². The lowest BCUT2D eigenvalue weighted by atomic mass is 9.98. The van der Waals surface area contributed by atoms with Gasteiger partial charge in [-0.15, -0.1) is 0 Å². The topological polar surface area (TPSA) is 166 Å². The molecular formula is C24H42O13Si. The van der Waals surface area contributed by atoms with Crippen molar-refractivity contribution in [2.24, 2.45) is 0 Å². The zero-order valence-corrected chi connectivity index (χ0v) is 24.5. The summed E-state index contributed by atoms with van der Waals surface area (Å²) in [6, 6.07) is 0. The van der Waals surface area contributed by atoms with Gasteiger partial charge < -0.3 is 47.8 Å². The summed E-state index contributed by atoms with van der Waals surface area (Å²) in [5.41, 5.74) is 0. The molecule has 2 aliphatic rings. The predicted octanol–water partition coefficient (Wildman–Crippen LogP) is 0.638. The highest BCUT2D eigenvalue weighted by atomic mass is 28.4. The van der Waals surface area contributed by atoms with Gasteiger partial charge in [-0.2, -0.15) is 0 Å². The summed E-state index contributed by atoms with van der Waals surface area (Å²) in [7, 11) is -0.888. The van der Waals surface area contributed by atoms with E-state index in [0.29, 0.717) is 0 Å². The lowest BCUT2D eigenvalue weighted by Gasteiger charge is -2.46. The number of ether oxygens (including phenoxy) is 7. The summed E-state index contributed by atoms with van der Waals surface area (Å²) in [6.07, 6.45) is -11.5. The first-order chi connectivity index (χ1) is 17.5. The van der Waals surface area contributed by atoms with Crippen molar-refractivity contribution in [1.29, 1.82) is 0 Å². The summed E-state index contributed by atoms with van der Waals surface area (Å²) in [6.45, 7) is 13.5. The molecule has 0 aliphatic carbocycles. The van der Waals surface area contributed by atoms with Crippen molar-refractivity contribution in [1.82, 2.24) is 0 Å². The second kappa shape index (κ2) is 13.1. The Balaban J connectivity index is 2.31. The maximum absolute atomic E-state index is 11.9. The van der Waals surface area contributed by atoms with Crippen molar-refractivity contribution in [2.75, 3.05) is 20.3 Å². The van der Waals surface area contributed by atoms with Gasteiger partial charge in [0, 0.05) is 27.9 Å². The van der Waals surface area contributed by atoms with E-state index in [1.54, 1.807) is 0 Å². The largest absolute Gasteiger partial charge is 0.456 e. The molecule has 38 heavy (non-hydrogen) atoms. The van der Waals surface area contributed by atoms with Crippen molar-refractivity contribution < 1.29 is 62.2 Å². The fourth-order valence-corrected chi connectivity index (χ4v) is 4.90. The minimum absolute atomic E-state index is 0.00754. The van der Waals surface area contributed by atoms with Gasteiger partial charge in [0.25, 0.3) is 0 Å². The van der Waals surface area contributed by atoms with E-state index in [-0.39, 0.29) is 18.3 Å². The highest BCUT2D eigenvalue weighted by molar-refractivity contribution is 6.74. The number of carbonyl (C=O) groups is 3. The van der Waals surface area contributed by atoms with E-state index in [0.717, 1.165) is 13.8 Å². The third-order valence-corrected chi connectivity index (χ3v) is 11.4. The van der Waals surface area contributed by atoms with Crippen LogP contribution in [-0.4, -0.2) is 112 Å². The quantitative estimate of drug-likeness (QED) is 0.227. The zero-order chi connectivity index (χ0) is 29.0. The van der Waals surface area contributed by atoms with Crippen LogP contribution in [0.3, 0.4) is 0 Å². The van der Waals surface area contributed by atoms with E-state index in [2.05, 4.69) is 20.8 Å². The number of methoxy groups -OCH3 is 1. The van der Waals surface area contributed by atoms with Gasteiger partial charge in [-0.1, -0.05) is 20.8 Å². The fourth-order valence-electron chi connectivity index (χ4n) is 3.88. The van der Waals surface area contributed by atoms with E-state index in [1.807, 2.05) is 13.1 Å². The maximum atomic E-state index is 11.9. The molecule has 0 saturated carbocycles. The number of aliphatic hydroxyl groups excluding tert-OH is 2. The average molecular weight is 567 g/mol. The van der Waals surface area contributed by atoms with Gasteiger partial charge in [-0.3, -0.25) is 14.4 Å². The van der Waals surface area contributed by atoms with Gasteiger partial charge in [-0.05, 0) is 18.1 Å². The van der Waals surface area contributed by atoms with Crippen LogP contribution in [0.2, 0.25) is 18.1 Å². The Bertz CT molecular complexity index is 829. The molecule has 13 nitrogen and oxygen atoms in total. The third-order valence-electron chi connectivity index (χ3n) is 6.88.